The molecule has 0 atom stereocenters. The van der Waals surface area contributed by atoms with Crippen LogP contribution in [-0.4, -0.2) is 51.6 Å². The Morgan fingerprint density at radius 1 is 1.10 bits per heavy atom. The third-order valence-corrected chi connectivity index (χ3v) is 5.30. The highest BCUT2D eigenvalue weighted by Gasteiger charge is 2.21. The number of rotatable bonds is 6. The van der Waals surface area contributed by atoms with Gasteiger partial charge in [0.05, 0.1) is 51.1 Å². The minimum absolute atomic E-state index is 0.271. The lowest BCUT2D eigenvalue weighted by Crippen LogP contribution is -3.14. The summed E-state index contributed by atoms with van der Waals surface area (Å²) in [7, 11) is 1.32. The molecule has 1 aliphatic rings. The van der Waals surface area contributed by atoms with Crippen molar-refractivity contribution in [3.63, 3.8) is 0 Å². The quantitative estimate of drug-likeness (QED) is 0.461. The van der Waals surface area contributed by atoms with Gasteiger partial charge < -0.3 is 14.5 Å². The standard InChI is InChI=1S/C23H25FN2O3/c1-3-25-12-14-26(15-13-25)21-10-9-19(16-20(21)24)22(27)11-6-17-4-7-18(8-5-17)23(28)29-2/h4-11,16H,3,12-15H2,1-2H3/p+1/b11-6+. The van der Waals surface area contributed by atoms with Crippen molar-refractivity contribution in [2.45, 2.75) is 6.92 Å². The van der Waals surface area contributed by atoms with Gasteiger partial charge in [-0.3, -0.25) is 4.79 Å². The number of quaternary nitrogens is 1. The lowest BCUT2D eigenvalue weighted by atomic mass is 10.1. The summed E-state index contributed by atoms with van der Waals surface area (Å²) in [6, 6.07) is 11.4. The molecular formula is C23H26FN2O3+. The van der Waals surface area contributed by atoms with Gasteiger partial charge in [-0.2, -0.15) is 0 Å². The lowest BCUT2D eigenvalue weighted by Gasteiger charge is -2.33. The van der Waals surface area contributed by atoms with Crippen LogP contribution >= 0.6 is 0 Å². The summed E-state index contributed by atoms with van der Waals surface area (Å²) in [4.78, 5) is 27.4. The first kappa shape index (κ1) is 20.7. The van der Waals surface area contributed by atoms with Crippen molar-refractivity contribution in [1.29, 1.82) is 0 Å². The number of carbonyl (C=O) groups excluding carboxylic acids is 2. The number of likely N-dealkylation sites (N-methyl/N-ethyl adjacent to an activating group) is 1. The zero-order chi connectivity index (χ0) is 20.8. The number of methoxy groups -OCH3 is 1. The number of nitrogens with zero attached hydrogens (tertiary/aromatic N) is 1. The van der Waals surface area contributed by atoms with E-state index in [1.807, 2.05) is 4.90 Å². The number of ketones is 1. The van der Waals surface area contributed by atoms with Crippen molar-refractivity contribution in [3.8, 4) is 0 Å². The Morgan fingerprint density at radius 3 is 2.34 bits per heavy atom. The zero-order valence-electron chi connectivity index (χ0n) is 16.8. The topological polar surface area (TPSA) is 51.0 Å². The fourth-order valence-corrected chi connectivity index (χ4v) is 3.45. The normalized spacial score (nSPS) is 14.9. The lowest BCUT2D eigenvalue weighted by molar-refractivity contribution is -0.898. The molecule has 2 aromatic carbocycles. The number of ether oxygens (including phenoxy) is 1. The maximum Gasteiger partial charge on any atom is 0.337 e. The summed E-state index contributed by atoms with van der Waals surface area (Å²) in [5, 5.41) is 0. The van der Waals surface area contributed by atoms with Crippen molar-refractivity contribution in [2.24, 2.45) is 0 Å². The third-order valence-electron chi connectivity index (χ3n) is 5.30. The van der Waals surface area contributed by atoms with Gasteiger partial charge in [0.15, 0.2) is 5.78 Å². The van der Waals surface area contributed by atoms with Crippen LogP contribution in [0.25, 0.3) is 6.08 Å². The number of benzene rings is 2. The number of nitrogens with one attached hydrogen (secondary N) is 1. The van der Waals surface area contributed by atoms with Gasteiger partial charge in [-0.15, -0.1) is 0 Å². The molecule has 1 saturated heterocycles. The highest BCUT2D eigenvalue weighted by Crippen LogP contribution is 2.21. The number of piperazine rings is 1. The average molecular weight is 397 g/mol. The molecule has 6 heteroatoms. The molecule has 29 heavy (non-hydrogen) atoms. The Hall–Kier alpha value is -2.99. The summed E-state index contributed by atoms with van der Waals surface area (Å²) < 4.78 is 19.3. The highest BCUT2D eigenvalue weighted by atomic mass is 19.1. The van der Waals surface area contributed by atoms with E-state index in [-0.39, 0.29) is 11.6 Å². The van der Waals surface area contributed by atoms with Gasteiger partial charge in [-0.05, 0) is 48.9 Å². The Balaban J connectivity index is 1.66. The smallest absolute Gasteiger partial charge is 0.337 e. The van der Waals surface area contributed by atoms with Crippen molar-refractivity contribution in [1.82, 2.24) is 0 Å². The predicted molar refractivity (Wildman–Crippen MR) is 111 cm³/mol. The number of hydrogen-bond donors (Lipinski definition) is 1. The van der Waals surface area contributed by atoms with E-state index in [0.717, 1.165) is 38.3 Å². The van der Waals surface area contributed by atoms with Gasteiger partial charge in [0.25, 0.3) is 0 Å². The van der Waals surface area contributed by atoms with Gasteiger partial charge in [0, 0.05) is 5.56 Å². The van der Waals surface area contributed by atoms with Crippen molar-refractivity contribution in [3.05, 3.63) is 71.0 Å². The second kappa shape index (κ2) is 9.47. The fraction of sp³-hybridized carbons (Fsp3) is 0.304. The molecule has 1 heterocycles. The summed E-state index contributed by atoms with van der Waals surface area (Å²) in [5.74, 6) is -1.05. The zero-order valence-corrected chi connectivity index (χ0v) is 16.8. The van der Waals surface area contributed by atoms with Gasteiger partial charge in [0.2, 0.25) is 0 Å². The van der Waals surface area contributed by atoms with Crippen LogP contribution < -0.4 is 9.80 Å². The Labute approximate surface area is 170 Å². The molecule has 0 radical (unpaired) electrons. The largest absolute Gasteiger partial charge is 0.465 e. The van der Waals surface area contributed by atoms with Crippen LogP contribution in [0.1, 0.15) is 33.2 Å². The minimum Gasteiger partial charge on any atom is -0.465 e. The molecule has 0 bridgehead atoms. The molecule has 1 N–H and O–H groups in total. The van der Waals surface area contributed by atoms with E-state index in [1.54, 1.807) is 42.5 Å². The number of hydrogen-bond acceptors (Lipinski definition) is 4. The molecule has 0 unspecified atom stereocenters. The second-order valence-electron chi connectivity index (χ2n) is 7.07. The molecule has 0 amide bonds. The minimum atomic E-state index is -0.412. The highest BCUT2D eigenvalue weighted by molar-refractivity contribution is 6.07. The molecule has 0 saturated carbocycles. The van der Waals surface area contributed by atoms with Gasteiger partial charge in [-0.1, -0.05) is 18.2 Å². The maximum atomic E-state index is 14.6. The fourth-order valence-electron chi connectivity index (χ4n) is 3.45. The van der Waals surface area contributed by atoms with Crippen LogP contribution in [0, 0.1) is 5.82 Å². The SMILES string of the molecule is CC[NH+]1CCN(c2ccc(C(=O)/C=C/c3ccc(C(=O)OC)cc3)cc2F)CC1. The number of anilines is 1. The van der Waals surface area contributed by atoms with Crippen LogP contribution in [-0.2, 0) is 4.74 Å². The Morgan fingerprint density at radius 2 is 1.76 bits per heavy atom. The first-order chi connectivity index (χ1) is 14.0. The number of allylic oxidation sites excluding steroid dienone is 1. The van der Waals surface area contributed by atoms with Crippen LogP contribution in [0.2, 0.25) is 0 Å². The molecule has 2 aromatic rings. The van der Waals surface area contributed by atoms with E-state index in [9.17, 15) is 14.0 Å². The molecule has 1 aliphatic heterocycles. The summed E-state index contributed by atoms with van der Waals surface area (Å²) in [6.45, 7) is 6.86. The van der Waals surface area contributed by atoms with Crippen LogP contribution in [0.4, 0.5) is 10.1 Å². The van der Waals surface area contributed by atoms with Crippen LogP contribution in [0.5, 0.6) is 0 Å². The van der Waals surface area contributed by atoms with Crippen molar-refractivity contribution in [2.75, 3.05) is 44.7 Å². The van der Waals surface area contributed by atoms with Gasteiger partial charge in [-0.25, -0.2) is 9.18 Å². The van der Waals surface area contributed by atoms with E-state index in [0.29, 0.717) is 16.8 Å². The first-order valence-electron chi connectivity index (χ1n) is 9.80. The van der Waals surface area contributed by atoms with Crippen LogP contribution in [0.3, 0.4) is 0 Å². The molecule has 152 valence electrons. The molecule has 0 aliphatic carbocycles. The molecule has 1 fully saturated rings. The van der Waals surface area contributed by atoms with E-state index in [2.05, 4.69) is 11.7 Å². The number of halogens is 1. The maximum absolute atomic E-state index is 14.6. The molecule has 5 nitrogen and oxygen atoms in total. The average Bonchev–Trinajstić information content (AvgIpc) is 2.77. The van der Waals surface area contributed by atoms with E-state index < -0.39 is 5.97 Å². The monoisotopic (exact) mass is 397 g/mol. The second-order valence-corrected chi connectivity index (χ2v) is 7.07. The molecule has 0 spiro atoms. The van der Waals surface area contributed by atoms with Crippen molar-refractivity contribution < 1.29 is 23.6 Å². The third kappa shape index (κ3) is 5.09. The summed E-state index contributed by atoms with van der Waals surface area (Å²) >= 11 is 0. The van der Waals surface area contributed by atoms with E-state index in [1.165, 1.54) is 24.2 Å². The van der Waals surface area contributed by atoms with Crippen molar-refractivity contribution >= 4 is 23.5 Å². The Kier molecular flexibility index (Phi) is 6.77. The Bertz CT molecular complexity index is 901. The number of carbonyl (C=O) groups is 2. The van der Waals surface area contributed by atoms with E-state index in [4.69, 9.17) is 0 Å². The number of esters is 1. The van der Waals surface area contributed by atoms with Crippen LogP contribution in [0.15, 0.2) is 48.5 Å². The summed E-state index contributed by atoms with van der Waals surface area (Å²) in [5.41, 5.74) is 2.07. The molecule has 3 rings (SSSR count). The van der Waals surface area contributed by atoms with Gasteiger partial charge in [0.1, 0.15) is 5.82 Å². The summed E-state index contributed by atoms with van der Waals surface area (Å²) in [6.07, 6.45) is 3.05. The first-order valence-corrected chi connectivity index (χ1v) is 9.80. The van der Waals surface area contributed by atoms with Gasteiger partial charge >= 0.3 is 5.97 Å². The van der Waals surface area contributed by atoms with E-state index >= 15 is 0 Å². The molecule has 0 aromatic heterocycles. The predicted octanol–water partition coefficient (Wildman–Crippen LogP) is 2.23. The molecular weight excluding hydrogens is 371 g/mol.